The van der Waals surface area contributed by atoms with Crippen LogP contribution in [-0.2, 0) is 6.42 Å². The van der Waals surface area contributed by atoms with Crippen molar-refractivity contribution in [2.45, 2.75) is 25.1 Å². The van der Waals surface area contributed by atoms with Gasteiger partial charge in [-0.15, -0.1) is 6.58 Å². The number of hydrogen-bond donors (Lipinski definition) is 1. The highest BCUT2D eigenvalue weighted by Crippen LogP contribution is 2.20. The molecule has 0 fully saturated rings. The summed E-state index contributed by atoms with van der Waals surface area (Å²) < 4.78 is 40.4. The molecule has 7 heteroatoms. The van der Waals surface area contributed by atoms with Crippen LogP contribution in [0.2, 0.25) is 0 Å². The Morgan fingerprint density at radius 1 is 1.53 bits per heavy atom. The van der Waals surface area contributed by atoms with Crippen LogP contribution in [0.15, 0.2) is 17.2 Å². The molecule has 84 valence electrons. The SMILES string of the molecule is C=CCC(N)c1nc(CC(F)(F)F)no1. The molecule has 0 aromatic carbocycles. The highest BCUT2D eigenvalue weighted by Gasteiger charge is 2.31. The van der Waals surface area contributed by atoms with Gasteiger partial charge >= 0.3 is 6.18 Å². The van der Waals surface area contributed by atoms with Crippen LogP contribution in [0.4, 0.5) is 13.2 Å². The second-order valence-corrected chi connectivity index (χ2v) is 2.97. The molecule has 1 aromatic rings. The van der Waals surface area contributed by atoms with Crippen molar-refractivity contribution in [3.63, 3.8) is 0 Å². The second kappa shape index (κ2) is 4.43. The third-order valence-electron chi connectivity index (χ3n) is 1.58. The molecule has 0 spiro atoms. The molecule has 1 unspecified atom stereocenters. The highest BCUT2D eigenvalue weighted by molar-refractivity contribution is 4.95. The Kier molecular flexibility index (Phi) is 3.46. The van der Waals surface area contributed by atoms with E-state index in [0.29, 0.717) is 6.42 Å². The Balaban J connectivity index is 2.67. The number of alkyl halides is 3. The van der Waals surface area contributed by atoms with Crippen molar-refractivity contribution in [3.05, 3.63) is 24.4 Å². The molecular formula is C8H10F3N3O. The van der Waals surface area contributed by atoms with Crippen LogP contribution in [-0.4, -0.2) is 16.3 Å². The van der Waals surface area contributed by atoms with E-state index in [9.17, 15) is 13.2 Å². The molecule has 4 nitrogen and oxygen atoms in total. The molecule has 0 saturated carbocycles. The molecule has 0 aliphatic rings. The molecule has 0 radical (unpaired) electrons. The van der Waals surface area contributed by atoms with Gasteiger partial charge in [0.25, 0.3) is 0 Å². The Hall–Kier alpha value is -1.37. The molecular weight excluding hydrogens is 211 g/mol. The van der Waals surface area contributed by atoms with E-state index in [-0.39, 0.29) is 5.89 Å². The number of hydrogen-bond acceptors (Lipinski definition) is 4. The lowest BCUT2D eigenvalue weighted by atomic mass is 10.2. The van der Waals surface area contributed by atoms with Gasteiger partial charge in [0, 0.05) is 0 Å². The number of nitrogens with zero attached hydrogens (tertiary/aromatic N) is 2. The summed E-state index contributed by atoms with van der Waals surface area (Å²) in [5.41, 5.74) is 5.53. The topological polar surface area (TPSA) is 64.9 Å². The Morgan fingerprint density at radius 3 is 2.73 bits per heavy atom. The zero-order chi connectivity index (χ0) is 11.5. The second-order valence-electron chi connectivity index (χ2n) is 2.97. The predicted molar refractivity (Wildman–Crippen MR) is 45.8 cm³/mol. The minimum Gasteiger partial charge on any atom is -0.338 e. The molecule has 0 saturated heterocycles. The van der Waals surface area contributed by atoms with Crippen molar-refractivity contribution in [1.82, 2.24) is 10.1 Å². The summed E-state index contributed by atoms with van der Waals surface area (Å²) in [5.74, 6) is -0.411. The van der Waals surface area contributed by atoms with E-state index in [2.05, 4.69) is 21.2 Å². The fourth-order valence-corrected chi connectivity index (χ4v) is 0.950. The third kappa shape index (κ3) is 3.70. The van der Waals surface area contributed by atoms with Crippen LogP contribution >= 0.6 is 0 Å². The summed E-state index contributed by atoms with van der Waals surface area (Å²) in [6, 6.07) is -0.600. The van der Waals surface area contributed by atoms with Crippen molar-refractivity contribution in [2.24, 2.45) is 5.73 Å². The average molecular weight is 221 g/mol. The van der Waals surface area contributed by atoms with Gasteiger partial charge in [0.05, 0.1) is 6.04 Å². The minimum atomic E-state index is -4.34. The number of nitrogens with two attached hydrogens (primary N) is 1. The molecule has 15 heavy (non-hydrogen) atoms. The molecule has 1 rings (SSSR count). The maximum Gasteiger partial charge on any atom is 0.396 e. The van der Waals surface area contributed by atoms with E-state index in [1.807, 2.05) is 0 Å². The fourth-order valence-electron chi connectivity index (χ4n) is 0.950. The van der Waals surface area contributed by atoms with Crippen LogP contribution < -0.4 is 5.73 Å². The van der Waals surface area contributed by atoms with Crippen LogP contribution in [0.25, 0.3) is 0 Å². The van der Waals surface area contributed by atoms with Crippen molar-refractivity contribution in [2.75, 3.05) is 0 Å². The minimum absolute atomic E-state index is 0.00542. The van der Waals surface area contributed by atoms with Gasteiger partial charge in [0.15, 0.2) is 5.82 Å². The number of aromatic nitrogens is 2. The van der Waals surface area contributed by atoms with Gasteiger partial charge in [-0.25, -0.2) is 0 Å². The van der Waals surface area contributed by atoms with Gasteiger partial charge in [-0.1, -0.05) is 11.2 Å². The third-order valence-corrected chi connectivity index (χ3v) is 1.58. The van der Waals surface area contributed by atoms with Crippen LogP contribution in [0, 0.1) is 0 Å². The molecule has 2 N–H and O–H groups in total. The zero-order valence-electron chi connectivity index (χ0n) is 7.79. The van der Waals surface area contributed by atoms with Gasteiger partial charge in [0.2, 0.25) is 5.89 Å². The van der Waals surface area contributed by atoms with E-state index in [1.54, 1.807) is 0 Å². The summed E-state index contributed by atoms with van der Waals surface area (Å²) in [4.78, 5) is 3.54. The maximum absolute atomic E-state index is 11.9. The summed E-state index contributed by atoms with van der Waals surface area (Å²) in [7, 11) is 0. The van der Waals surface area contributed by atoms with Crippen LogP contribution in [0.1, 0.15) is 24.2 Å². The first-order valence-corrected chi connectivity index (χ1v) is 4.18. The predicted octanol–water partition coefficient (Wildman–Crippen LogP) is 1.75. The molecule has 1 heterocycles. The zero-order valence-corrected chi connectivity index (χ0v) is 7.79. The quantitative estimate of drug-likeness (QED) is 0.786. The first-order valence-electron chi connectivity index (χ1n) is 4.18. The van der Waals surface area contributed by atoms with Crippen molar-refractivity contribution in [3.8, 4) is 0 Å². The van der Waals surface area contributed by atoms with Crippen LogP contribution in [0.3, 0.4) is 0 Å². The Bertz CT molecular complexity index is 334. The largest absolute Gasteiger partial charge is 0.396 e. The lowest BCUT2D eigenvalue weighted by Gasteiger charge is -2.01. The van der Waals surface area contributed by atoms with Crippen LogP contribution in [0.5, 0.6) is 0 Å². The van der Waals surface area contributed by atoms with Gasteiger partial charge in [-0.2, -0.15) is 18.2 Å². The van der Waals surface area contributed by atoms with E-state index >= 15 is 0 Å². The van der Waals surface area contributed by atoms with Crippen molar-refractivity contribution in [1.29, 1.82) is 0 Å². The Morgan fingerprint density at radius 2 is 2.20 bits per heavy atom. The lowest BCUT2D eigenvalue weighted by molar-refractivity contribution is -0.128. The molecule has 1 aromatic heterocycles. The summed E-state index contributed by atoms with van der Waals surface area (Å²) in [6.07, 6.45) is -3.66. The summed E-state index contributed by atoms with van der Waals surface area (Å²) in [5, 5.41) is 3.18. The number of rotatable bonds is 4. The smallest absolute Gasteiger partial charge is 0.338 e. The molecule has 0 bridgehead atoms. The van der Waals surface area contributed by atoms with Gasteiger partial charge in [-0.05, 0) is 6.42 Å². The van der Waals surface area contributed by atoms with E-state index in [0.717, 1.165) is 0 Å². The first kappa shape index (κ1) is 11.7. The average Bonchev–Trinajstić information content (AvgIpc) is 2.50. The van der Waals surface area contributed by atoms with Crippen molar-refractivity contribution < 1.29 is 17.7 Å². The van der Waals surface area contributed by atoms with E-state index in [1.165, 1.54) is 6.08 Å². The fraction of sp³-hybridized carbons (Fsp3) is 0.500. The van der Waals surface area contributed by atoms with Gasteiger partial charge in [0.1, 0.15) is 6.42 Å². The standard InChI is InChI=1S/C8H10F3N3O/c1-2-3-5(12)7-13-6(14-15-7)4-8(9,10)11/h2,5H,1,3-4,12H2. The van der Waals surface area contributed by atoms with E-state index in [4.69, 9.17) is 5.73 Å². The molecule has 0 amide bonds. The summed E-state index contributed by atoms with van der Waals surface area (Å²) in [6.45, 7) is 3.44. The first-order chi connectivity index (χ1) is 6.92. The molecule has 0 aliphatic heterocycles. The van der Waals surface area contributed by atoms with Gasteiger partial charge < -0.3 is 10.3 Å². The van der Waals surface area contributed by atoms with E-state index < -0.39 is 24.5 Å². The monoisotopic (exact) mass is 221 g/mol. The Labute approximate surface area is 84.0 Å². The number of halogens is 3. The van der Waals surface area contributed by atoms with Gasteiger partial charge in [-0.3, -0.25) is 0 Å². The highest BCUT2D eigenvalue weighted by atomic mass is 19.4. The van der Waals surface area contributed by atoms with Crippen molar-refractivity contribution >= 4 is 0 Å². The maximum atomic E-state index is 11.9. The normalized spacial score (nSPS) is 13.9. The summed E-state index contributed by atoms with van der Waals surface area (Å²) >= 11 is 0. The lowest BCUT2D eigenvalue weighted by Crippen LogP contribution is -2.13. The molecule has 1 atom stereocenters. The molecule has 0 aliphatic carbocycles.